The summed E-state index contributed by atoms with van der Waals surface area (Å²) >= 11 is 0. The molecule has 148 valence electrons. The second-order valence-corrected chi connectivity index (χ2v) is 11.9. The van der Waals surface area contributed by atoms with Gasteiger partial charge >= 0.3 is 8.56 Å². The molecule has 2 aromatic carbocycles. The van der Waals surface area contributed by atoms with E-state index in [1.807, 2.05) is 6.55 Å². The first kappa shape index (κ1) is 21.6. The standard InChI is InChI=1S/C19H25FO5SSi/c1-23-27(3,24-2)14-4-13-25-18-9-5-16(6-10-18)15-26(21,22)19-11-7-17(20)8-12-19/h5-12H,4,13-15H2,1-3H3. The molecule has 0 N–H and O–H groups in total. The van der Waals surface area contributed by atoms with Gasteiger partial charge in [0.2, 0.25) is 0 Å². The van der Waals surface area contributed by atoms with Crippen LogP contribution in [0.15, 0.2) is 53.4 Å². The minimum atomic E-state index is -3.52. The Kier molecular flexibility index (Phi) is 7.55. The summed E-state index contributed by atoms with van der Waals surface area (Å²) in [5, 5.41) is 0. The smallest absolute Gasteiger partial charge is 0.334 e. The summed E-state index contributed by atoms with van der Waals surface area (Å²) < 4.78 is 54.3. The molecule has 0 aromatic heterocycles. The Hall–Kier alpha value is -1.74. The summed E-state index contributed by atoms with van der Waals surface area (Å²) in [6.07, 6.45) is 0.811. The van der Waals surface area contributed by atoms with Crippen LogP contribution in [0, 0.1) is 5.82 Å². The summed E-state index contributed by atoms with van der Waals surface area (Å²) in [5.74, 6) is 0.0652. The van der Waals surface area contributed by atoms with Crippen LogP contribution in [-0.4, -0.2) is 37.8 Å². The van der Waals surface area contributed by atoms with Gasteiger partial charge in [0, 0.05) is 14.2 Å². The van der Waals surface area contributed by atoms with Gasteiger partial charge in [0.25, 0.3) is 0 Å². The molecule has 8 heteroatoms. The van der Waals surface area contributed by atoms with Gasteiger partial charge in [-0.1, -0.05) is 12.1 Å². The van der Waals surface area contributed by atoms with Gasteiger partial charge in [0.1, 0.15) is 11.6 Å². The fraction of sp³-hybridized carbons (Fsp3) is 0.368. The molecule has 0 radical (unpaired) electrons. The van der Waals surface area contributed by atoms with E-state index >= 15 is 0 Å². The van der Waals surface area contributed by atoms with Crippen LogP contribution in [0.5, 0.6) is 5.75 Å². The quantitative estimate of drug-likeness (QED) is 0.336. The van der Waals surface area contributed by atoms with E-state index in [4.69, 9.17) is 13.6 Å². The molecule has 0 amide bonds. The molecule has 2 aromatic rings. The van der Waals surface area contributed by atoms with Crippen molar-refractivity contribution in [2.75, 3.05) is 20.8 Å². The molecule has 0 aliphatic heterocycles. The van der Waals surface area contributed by atoms with E-state index in [1.54, 1.807) is 38.5 Å². The first-order valence-electron chi connectivity index (χ1n) is 8.58. The topological polar surface area (TPSA) is 61.8 Å². The molecule has 2 rings (SSSR count). The number of hydrogen-bond donors (Lipinski definition) is 0. The summed E-state index contributed by atoms with van der Waals surface area (Å²) in [6, 6.07) is 12.6. The minimum Gasteiger partial charge on any atom is -0.494 e. The maximum absolute atomic E-state index is 13.0. The molecule has 0 spiro atoms. The second-order valence-electron chi connectivity index (χ2n) is 6.35. The first-order valence-corrected chi connectivity index (χ1v) is 12.8. The highest BCUT2D eigenvalue weighted by atomic mass is 32.2. The molecule has 0 saturated carbocycles. The molecule has 27 heavy (non-hydrogen) atoms. The van der Waals surface area contributed by atoms with Crippen molar-refractivity contribution in [1.82, 2.24) is 0 Å². The van der Waals surface area contributed by atoms with Gasteiger partial charge in [-0.05, 0) is 61.0 Å². The van der Waals surface area contributed by atoms with Crippen LogP contribution < -0.4 is 4.74 Å². The van der Waals surface area contributed by atoms with E-state index < -0.39 is 24.2 Å². The Balaban J connectivity index is 1.89. The third kappa shape index (κ3) is 6.42. The third-order valence-electron chi connectivity index (χ3n) is 4.36. The van der Waals surface area contributed by atoms with Crippen LogP contribution in [0.4, 0.5) is 4.39 Å². The highest BCUT2D eigenvalue weighted by Gasteiger charge is 2.27. The number of halogens is 1. The lowest BCUT2D eigenvalue weighted by molar-refractivity contribution is 0.241. The Morgan fingerprint density at radius 1 is 0.963 bits per heavy atom. The zero-order valence-electron chi connectivity index (χ0n) is 15.8. The molecule has 0 fully saturated rings. The highest BCUT2D eigenvalue weighted by Crippen LogP contribution is 2.20. The fourth-order valence-electron chi connectivity index (χ4n) is 2.50. The maximum atomic E-state index is 13.0. The van der Waals surface area contributed by atoms with Crippen LogP contribution in [0.1, 0.15) is 12.0 Å². The van der Waals surface area contributed by atoms with Crippen molar-refractivity contribution in [1.29, 1.82) is 0 Å². The predicted octanol–water partition coefficient (Wildman–Crippen LogP) is 3.93. The lowest BCUT2D eigenvalue weighted by atomic mass is 10.2. The Morgan fingerprint density at radius 2 is 1.56 bits per heavy atom. The zero-order valence-corrected chi connectivity index (χ0v) is 17.6. The van der Waals surface area contributed by atoms with Crippen molar-refractivity contribution in [3.8, 4) is 5.75 Å². The Labute approximate surface area is 161 Å². The SMILES string of the molecule is CO[Si](C)(CCCOc1ccc(CS(=O)(=O)c2ccc(F)cc2)cc1)OC. The van der Waals surface area contributed by atoms with Crippen molar-refractivity contribution in [3.05, 3.63) is 59.9 Å². The molecule has 0 aliphatic rings. The summed E-state index contributed by atoms with van der Waals surface area (Å²) in [6.45, 7) is 2.53. The van der Waals surface area contributed by atoms with E-state index in [-0.39, 0.29) is 10.6 Å². The molecular formula is C19H25FO5SSi. The van der Waals surface area contributed by atoms with Gasteiger partial charge in [-0.25, -0.2) is 12.8 Å². The average molecular weight is 413 g/mol. The van der Waals surface area contributed by atoms with Crippen LogP contribution in [-0.2, 0) is 24.4 Å². The van der Waals surface area contributed by atoms with Gasteiger partial charge in [0.15, 0.2) is 9.84 Å². The largest absolute Gasteiger partial charge is 0.494 e. The van der Waals surface area contributed by atoms with Crippen LogP contribution in [0.2, 0.25) is 12.6 Å². The first-order chi connectivity index (χ1) is 12.8. The second kappa shape index (κ2) is 9.45. The van der Waals surface area contributed by atoms with Crippen molar-refractivity contribution in [2.24, 2.45) is 0 Å². The number of hydrogen-bond acceptors (Lipinski definition) is 5. The van der Waals surface area contributed by atoms with Gasteiger partial charge in [-0.2, -0.15) is 0 Å². The van der Waals surface area contributed by atoms with Crippen molar-refractivity contribution >= 4 is 18.4 Å². The Morgan fingerprint density at radius 3 is 2.11 bits per heavy atom. The molecule has 0 atom stereocenters. The summed E-state index contributed by atoms with van der Waals surface area (Å²) in [7, 11) is -2.27. The maximum Gasteiger partial charge on any atom is 0.334 e. The molecule has 0 bridgehead atoms. The average Bonchev–Trinajstić information content (AvgIpc) is 2.66. The Bertz CT molecular complexity index is 818. The lowest BCUT2D eigenvalue weighted by Crippen LogP contribution is -2.36. The molecule has 0 unspecified atom stereocenters. The van der Waals surface area contributed by atoms with Gasteiger partial charge < -0.3 is 13.6 Å². The molecule has 5 nitrogen and oxygen atoms in total. The fourth-order valence-corrected chi connectivity index (χ4v) is 5.21. The van der Waals surface area contributed by atoms with Crippen molar-refractivity contribution in [3.63, 3.8) is 0 Å². The van der Waals surface area contributed by atoms with Crippen LogP contribution in [0.3, 0.4) is 0 Å². The van der Waals surface area contributed by atoms with Crippen molar-refractivity contribution in [2.45, 2.75) is 29.7 Å². The normalized spacial score (nSPS) is 12.1. The van der Waals surface area contributed by atoms with Crippen LogP contribution in [0.25, 0.3) is 0 Å². The number of ether oxygens (including phenoxy) is 1. The molecule has 0 aliphatic carbocycles. The van der Waals surface area contributed by atoms with E-state index in [0.29, 0.717) is 17.9 Å². The number of benzene rings is 2. The van der Waals surface area contributed by atoms with Crippen molar-refractivity contribution < 1.29 is 26.4 Å². The zero-order chi connectivity index (χ0) is 19.9. The lowest BCUT2D eigenvalue weighted by Gasteiger charge is -2.22. The molecule has 0 saturated heterocycles. The summed E-state index contributed by atoms with van der Waals surface area (Å²) in [4.78, 5) is 0.104. The highest BCUT2D eigenvalue weighted by molar-refractivity contribution is 7.90. The summed E-state index contributed by atoms with van der Waals surface area (Å²) in [5.41, 5.74) is 0.644. The van der Waals surface area contributed by atoms with Gasteiger partial charge in [0.05, 0.1) is 17.3 Å². The molecule has 0 heterocycles. The van der Waals surface area contributed by atoms with E-state index in [0.717, 1.165) is 24.6 Å². The molecular weight excluding hydrogens is 387 g/mol. The van der Waals surface area contributed by atoms with Crippen LogP contribution >= 0.6 is 0 Å². The monoisotopic (exact) mass is 412 g/mol. The van der Waals surface area contributed by atoms with Gasteiger partial charge in [-0.3, -0.25) is 0 Å². The number of rotatable bonds is 10. The minimum absolute atomic E-state index is 0.104. The van der Waals surface area contributed by atoms with E-state index in [9.17, 15) is 12.8 Å². The number of sulfone groups is 1. The van der Waals surface area contributed by atoms with E-state index in [2.05, 4.69) is 0 Å². The predicted molar refractivity (Wildman–Crippen MR) is 104 cm³/mol. The van der Waals surface area contributed by atoms with E-state index in [1.165, 1.54) is 12.1 Å². The van der Waals surface area contributed by atoms with Gasteiger partial charge in [-0.15, -0.1) is 0 Å². The third-order valence-corrected chi connectivity index (χ3v) is 9.05.